The fourth-order valence-electron chi connectivity index (χ4n) is 3.14. The van der Waals surface area contributed by atoms with Gasteiger partial charge in [-0.2, -0.15) is 13.2 Å². The van der Waals surface area contributed by atoms with Gasteiger partial charge < -0.3 is 15.8 Å². The highest BCUT2D eigenvalue weighted by Crippen LogP contribution is 2.19. The first-order chi connectivity index (χ1) is 13.5. The molecule has 10 nitrogen and oxygen atoms in total. The molecule has 4 N–H and O–H groups in total. The molecule has 0 radical (unpaired) electrons. The van der Waals surface area contributed by atoms with Crippen LogP contribution < -0.4 is 22.3 Å². The number of hydrogen-bond donors (Lipinski definition) is 3. The van der Waals surface area contributed by atoms with E-state index in [1.165, 1.54) is 12.0 Å². The Kier molecular flexibility index (Phi) is 7.19. The van der Waals surface area contributed by atoms with E-state index in [1.54, 1.807) is 5.32 Å². The molecule has 0 aromatic carbocycles. The maximum Gasteiger partial charge on any atom is 0.405 e. The number of amides is 1. The number of methoxy groups -OCH3 is 1. The standard InChI is InChI=1S/C16H22F3N5O5/c1-29-6-5-24-12(20)11(14(27)22-15(24)28)10(25)7-23-4-2-3-9(23)13(26)21-8-16(17,18)19/h9H,2-8,20H2,1H3,(H,21,26)(H,22,27,28). The number of halogens is 3. The molecule has 2 rings (SSSR count). The Morgan fingerprint density at radius 3 is 2.66 bits per heavy atom. The van der Waals surface area contributed by atoms with Gasteiger partial charge in [0, 0.05) is 7.11 Å². The molecule has 0 aliphatic carbocycles. The second-order valence-electron chi connectivity index (χ2n) is 6.55. The second kappa shape index (κ2) is 9.22. The Morgan fingerprint density at radius 2 is 2.03 bits per heavy atom. The van der Waals surface area contributed by atoms with Crippen molar-refractivity contribution in [2.24, 2.45) is 0 Å². The number of aromatic amines is 1. The minimum absolute atomic E-state index is 0.00438. The first kappa shape index (κ1) is 22.6. The van der Waals surface area contributed by atoms with Gasteiger partial charge in [-0.1, -0.05) is 0 Å². The summed E-state index contributed by atoms with van der Waals surface area (Å²) in [7, 11) is 1.40. The third kappa shape index (κ3) is 5.67. The zero-order valence-corrected chi connectivity index (χ0v) is 15.7. The second-order valence-corrected chi connectivity index (χ2v) is 6.55. The summed E-state index contributed by atoms with van der Waals surface area (Å²) in [6.45, 7) is -1.47. The van der Waals surface area contributed by atoms with Crippen molar-refractivity contribution in [1.29, 1.82) is 0 Å². The number of aromatic nitrogens is 2. The highest BCUT2D eigenvalue weighted by Gasteiger charge is 2.35. The maximum absolute atomic E-state index is 12.7. The van der Waals surface area contributed by atoms with Crippen LogP contribution in [0.4, 0.5) is 19.0 Å². The molecule has 162 valence electrons. The van der Waals surface area contributed by atoms with Crippen LogP contribution in [0.3, 0.4) is 0 Å². The van der Waals surface area contributed by atoms with Gasteiger partial charge in [0.05, 0.1) is 25.7 Å². The number of alkyl halides is 3. The number of ether oxygens (including phenoxy) is 1. The van der Waals surface area contributed by atoms with E-state index in [-0.39, 0.29) is 31.9 Å². The molecule has 1 aromatic rings. The zero-order chi connectivity index (χ0) is 21.8. The van der Waals surface area contributed by atoms with Crippen LogP contribution in [0.2, 0.25) is 0 Å². The van der Waals surface area contributed by atoms with Gasteiger partial charge in [0.25, 0.3) is 5.56 Å². The van der Waals surface area contributed by atoms with Crippen molar-refractivity contribution in [3.63, 3.8) is 0 Å². The molecule has 1 fully saturated rings. The van der Waals surface area contributed by atoms with E-state index in [0.29, 0.717) is 6.42 Å². The lowest BCUT2D eigenvalue weighted by atomic mass is 10.1. The highest BCUT2D eigenvalue weighted by atomic mass is 19.4. The third-order valence-corrected chi connectivity index (χ3v) is 4.51. The van der Waals surface area contributed by atoms with Crippen molar-refractivity contribution in [3.05, 3.63) is 26.4 Å². The lowest BCUT2D eigenvalue weighted by Gasteiger charge is -2.23. The molecule has 1 aromatic heterocycles. The van der Waals surface area contributed by atoms with Crippen molar-refractivity contribution in [2.75, 3.05) is 39.1 Å². The summed E-state index contributed by atoms with van der Waals surface area (Å²) in [5.74, 6) is -1.93. The average molecular weight is 421 g/mol. The number of anilines is 1. The lowest BCUT2D eigenvalue weighted by molar-refractivity contribution is -0.140. The molecule has 0 saturated carbocycles. The number of nitrogens with two attached hydrogens (primary N) is 1. The Bertz CT molecular complexity index is 879. The minimum atomic E-state index is -4.55. The van der Waals surface area contributed by atoms with Crippen LogP contribution in [0.15, 0.2) is 9.59 Å². The number of H-pyrrole nitrogens is 1. The summed E-state index contributed by atoms with van der Waals surface area (Å²) in [6, 6.07) is -0.930. The molecular weight excluding hydrogens is 399 g/mol. The van der Waals surface area contributed by atoms with E-state index >= 15 is 0 Å². The number of nitrogens with one attached hydrogen (secondary N) is 2. The summed E-state index contributed by atoms with van der Waals surface area (Å²) in [5, 5.41) is 1.80. The molecule has 1 aliphatic heterocycles. The molecular formula is C16H22F3N5O5. The van der Waals surface area contributed by atoms with E-state index in [0.717, 1.165) is 4.57 Å². The molecule has 29 heavy (non-hydrogen) atoms. The van der Waals surface area contributed by atoms with E-state index in [9.17, 15) is 32.3 Å². The molecule has 2 heterocycles. The van der Waals surface area contributed by atoms with E-state index in [2.05, 4.69) is 0 Å². The number of nitrogen functional groups attached to an aromatic ring is 1. The van der Waals surface area contributed by atoms with Crippen LogP contribution in [0.5, 0.6) is 0 Å². The van der Waals surface area contributed by atoms with Crippen molar-refractivity contribution in [2.45, 2.75) is 31.6 Å². The van der Waals surface area contributed by atoms with Crippen LogP contribution in [0.1, 0.15) is 23.2 Å². The first-order valence-electron chi connectivity index (χ1n) is 8.78. The molecule has 13 heteroatoms. The molecule has 0 bridgehead atoms. The van der Waals surface area contributed by atoms with Crippen LogP contribution in [-0.4, -0.2) is 71.7 Å². The average Bonchev–Trinajstić information content (AvgIpc) is 3.06. The maximum atomic E-state index is 12.7. The van der Waals surface area contributed by atoms with Crippen molar-refractivity contribution in [3.8, 4) is 0 Å². The van der Waals surface area contributed by atoms with Gasteiger partial charge in [0.1, 0.15) is 17.9 Å². The van der Waals surface area contributed by atoms with Crippen molar-refractivity contribution in [1.82, 2.24) is 19.8 Å². The topological polar surface area (TPSA) is 140 Å². The first-order valence-corrected chi connectivity index (χ1v) is 8.78. The number of carbonyl (C=O) groups excluding carboxylic acids is 2. The molecule has 1 amide bonds. The number of rotatable bonds is 8. The normalized spacial score (nSPS) is 17.4. The van der Waals surface area contributed by atoms with Gasteiger partial charge in [-0.15, -0.1) is 0 Å². The molecule has 1 atom stereocenters. The number of hydrogen-bond acceptors (Lipinski definition) is 7. The fourth-order valence-corrected chi connectivity index (χ4v) is 3.14. The number of Topliss-reactive ketones (excluding diaryl/α,β-unsaturated/α-hetero) is 1. The fraction of sp³-hybridized carbons (Fsp3) is 0.625. The quantitative estimate of drug-likeness (QED) is 0.462. The smallest absolute Gasteiger partial charge is 0.384 e. The van der Waals surface area contributed by atoms with Crippen LogP contribution >= 0.6 is 0 Å². The number of likely N-dealkylation sites (tertiary alicyclic amines) is 1. The molecule has 1 aliphatic rings. The Morgan fingerprint density at radius 1 is 1.34 bits per heavy atom. The van der Waals surface area contributed by atoms with Crippen molar-refractivity contribution >= 4 is 17.5 Å². The van der Waals surface area contributed by atoms with Gasteiger partial charge in [-0.25, -0.2) is 4.79 Å². The van der Waals surface area contributed by atoms with Crippen LogP contribution in [-0.2, 0) is 16.1 Å². The van der Waals surface area contributed by atoms with Gasteiger partial charge in [-0.05, 0) is 19.4 Å². The molecule has 0 spiro atoms. The SMILES string of the molecule is COCCn1c(N)c(C(=O)CN2CCCC2C(=O)NCC(F)(F)F)c(=O)[nH]c1=O. The predicted octanol–water partition coefficient (Wildman–Crippen LogP) is -0.909. The van der Waals surface area contributed by atoms with E-state index in [4.69, 9.17) is 10.5 Å². The van der Waals surface area contributed by atoms with Crippen molar-refractivity contribution < 1.29 is 27.5 Å². The molecule has 1 unspecified atom stereocenters. The summed E-state index contributed by atoms with van der Waals surface area (Å²) >= 11 is 0. The summed E-state index contributed by atoms with van der Waals surface area (Å²) in [4.78, 5) is 52.1. The summed E-state index contributed by atoms with van der Waals surface area (Å²) in [6.07, 6.45) is -3.78. The summed E-state index contributed by atoms with van der Waals surface area (Å²) < 4.78 is 42.8. The summed E-state index contributed by atoms with van der Waals surface area (Å²) in [5.41, 5.74) is 3.62. The van der Waals surface area contributed by atoms with Crippen LogP contribution in [0, 0.1) is 0 Å². The van der Waals surface area contributed by atoms with Gasteiger partial charge in [0.15, 0.2) is 5.78 Å². The number of nitrogens with zero attached hydrogens (tertiary/aromatic N) is 2. The zero-order valence-electron chi connectivity index (χ0n) is 15.7. The van der Waals surface area contributed by atoms with Gasteiger partial charge >= 0.3 is 11.9 Å². The number of carbonyl (C=O) groups is 2. The Hall–Kier alpha value is -2.67. The van der Waals surface area contributed by atoms with E-state index < -0.39 is 53.8 Å². The number of ketones is 1. The van der Waals surface area contributed by atoms with Crippen LogP contribution in [0.25, 0.3) is 0 Å². The predicted molar refractivity (Wildman–Crippen MR) is 95.6 cm³/mol. The van der Waals surface area contributed by atoms with Gasteiger partial charge in [-0.3, -0.25) is 28.8 Å². The molecule has 1 saturated heterocycles. The monoisotopic (exact) mass is 421 g/mol. The minimum Gasteiger partial charge on any atom is -0.384 e. The van der Waals surface area contributed by atoms with Gasteiger partial charge in [0.2, 0.25) is 5.91 Å². The lowest BCUT2D eigenvalue weighted by Crippen LogP contribution is -2.48. The van der Waals surface area contributed by atoms with E-state index in [1.807, 2.05) is 4.98 Å². The largest absolute Gasteiger partial charge is 0.405 e. The highest BCUT2D eigenvalue weighted by molar-refractivity contribution is 6.01. The Balaban J connectivity index is 2.18. The Labute approximate surface area is 162 Å². The third-order valence-electron chi connectivity index (χ3n) is 4.51.